The number of hydrazine groups is 1. The summed E-state index contributed by atoms with van der Waals surface area (Å²) in [5.74, 6) is 4.46. The molecule has 2 nitrogen and oxygen atoms in total. The summed E-state index contributed by atoms with van der Waals surface area (Å²) in [5.41, 5.74) is 4.54. The average Bonchev–Trinajstić information content (AvgIpc) is 2.82. The number of hydrogen-bond acceptors (Lipinski definition) is 3. The van der Waals surface area contributed by atoms with Gasteiger partial charge >= 0.3 is 0 Å². The number of aryl methyl sites for hydroxylation is 1. The van der Waals surface area contributed by atoms with Gasteiger partial charge in [-0.1, -0.05) is 6.92 Å². The SMILES string of the molecule is CCc1ccsc1C(Cc1cc(F)cc(F)c1)NN. The topological polar surface area (TPSA) is 38.0 Å². The van der Waals surface area contributed by atoms with Crippen LogP contribution < -0.4 is 11.3 Å². The van der Waals surface area contributed by atoms with Crippen molar-refractivity contribution in [3.8, 4) is 0 Å². The van der Waals surface area contributed by atoms with Crippen molar-refractivity contribution in [1.29, 1.82) is 0 Å². The van der Waals surface area contributed by atoms with Gasteiger partial charge in [0.05, 0.1) is 6.04 Å². The minimum absolute atomic E-state index is 0.129. The Morgan fingerprint density at radius 2 is 1.95 bits per heavy atom. The molecule has 19 heavy (non-hydrogen) atoms. The molecule has 0 spiro atoms. The monoisotopic (exact) mass is 282 g/mol. The number of hydrogen-bond donors (Lipinski definition) is 2. The molecule has 1 heterocycles. The fraction of sp³-hybridized carbons (Fsp3) is 0.286. The maximum atomic E-state index is 13.2. The van der Waals surface area contributed by atoms with Crippen molar-refractivity contribution in [3.05, 3.63) is 57.3 Å². The van der Waals surface area contributed by atoms with E-state index >= 15 is 0 Å². The third kappa shape index (κ3) is 3.37. The first kappa shape index (κ1) is 14.1. The highest BCUT2D eigenvalue weighted by Gasteiger charge is 2.16. The molecule has 102 valence electrons. The van der Waals surface area contributed by atoms with Crippen LogP contribution in [0.15, 0.2) is 29.6 Å². The first-order valence-corrected chi connectivity index (χ1v) is 6.99. The predicted octanol–water partition coefficient (Wildman–Crippen LogP) is 3.34. The number of rotatable bonds is 5. The Morgan fingerprint density at radius 3 is 2.53 bits per heavy atom. The van der Waals surface area contributed by atoms with Gasteiger partial charge in [-0.2, -0.15) is 0 Å². The van der Waals surface area contributed by atoms with Crippen LogP contribution in [0.5, 0.6) is 0 Å². The lowest BCUT2D eigenvalue weighted by atomic mass is 10.0. The van der Waals surface area contributed by atoms with Crippen LogP contribution in [-0.2, 0) is 12.8 Å². The van der Waals surface area contributed by atoms with E-state index in [9.17, 15) is 8.78 Å². The van der Waals surface area contributed by atoms with Gasteiger partial charge in [0.15, 0.2) is 0 Å². The number of halogens is 2. The van der Waals surface area contributed by atoms with Crippen molar-refractivity contribution in [1.82, 2.24) is 5.43 Å². The molecular formula is C14H16F2N2S. The summed E-state index contributed by atoms with van der Waals surface area (Å²) in [6.45, 7) is 2.07. The van der Waals surface area contributed by atoms with Gasteiger partial charge in [0, 0.05) is 10.9 Å². The van der Waals surface area contributed by atoms with Gasteiger partial charge in [-0.25, -0.2) is 8.78 Å². The van der Waals surface area contributed by atoms with E-state index in [1.165, 1.54) is 17.7 Å². The van der Waals surface area contributed by atoms with Crippen molar-refractivity contribution < 1.29 is 8.78 Å². The number of nitrogens with one attached hydrogen (secondary N) is 1. The molecule has 1 atom stereocenters. The van der Waals surface area contributed by atoms with E-state index in [2.05, 4.69) is 18.4 Å². The van der Waals surface area contributed by atoms with Gasteiger partial charge in [-0.3, -0.25) is 11.3 Å². The summed E-state index contributed by atoms with van der Waals surface area (Å²) >= 11 is 1.60. The zero-order valence-electron chi connectivity index (χ0n) is 10.6. The van der Waals surface area contributed by atoms with Gasteiger partial charge in [-0.05, 0) is 47.5 Å². The maximum absolute atomic E-state index is 13.2. The zero-order valence-corrected chi connectivity index (χ0v) is 11.4. The second-order valence-corrected chi connectivity index (χ2v) is 5.31. The molecule has 1 aromatic heterocycles. The van der Waals surface area contributed by atoms with E-state index in [1.807, 2.05) is 5.38 Å². The van der Waals surface area contributed by atoms with Gasteiger partial charge in [-0.15, -0.1) is 11.3 Å². The molecule has 2 rings (SSSR count). The molecular weight excluding hydrogens is 266 g/mol. The lowest BCUT2D eigenvalue weighted by Gasteiger charge is -2.16. The van der Waals surface area contributed by atoms with E-state index in [0.717, 1.165) is 17.4 Å². The van der Waals surface area contributed by atoms with Crippen LogP contribution in [0.3, 0.4) is 0 Å². The summed E-state index contributed by atoms with van der Waals surface area (Å²) < 4.78 is 26.4. The van der Waals surface area contributed by atoms with Crippen LogP contribution in [-0.4, -0.2) is 0 Å². The molecule has 1 unspecified atom stereocenters. The highest BCUT2D eigenvalue weighted by atomic mass is 32.1. The Kier molecular flexibility index (Phi) is 4.63. The highest BCUT2D eigenvalue weighted by molar-refractivity contribution is 7.10. The largest absolute Gasteiger partial charge is 0.271 e. The van der Waals surface area contributed by atoms with Crippen molar-refractivity contribution in [2.45, 2.75) is 25.8 Å². The Hall–Kier alpha value is -1.30. The van der Waals surface area contributed by atoms with Crippen LogP contribution in [0, 0.1) is 11.6 Å². The summed E-state index contributed by atoms with van der Waals surface area (Å²) in [7, 11) is 0. The molecule has 0 aliphatic carbocycles. The van der Waals surface area contributed by atoms with E-state index in [0.29, 0.717) is 12.0 Å². The van der Waals surface area contributed by atoms with E-state index in [-0.39, 0.29) is 6.04 Å². The second-order valence-electron chi connectivity index (χ2n) is 4.36. The van der Waals surface area contributed by atoms with E-state index < -0.39 is 11.6 Å². The van der Waals surface area contributed by atoms with Gasteiger partial charge in [0.2, 0.25) is 0 Å². The predicted molar refractivity (Wildman–Crippen MR) is 73.8 cm³/mol. The molecule has 0 saturated heterocycles. The highest BCUT2D eigenvalue weighted by Crippen LogP contribution is 2.27. The van der Waals surface area contributed by atoms with Crippen molar-refractivity contribution >= 4 is 11.3 Å². The minimum Gasteiger partial charge on any atom is -0.271 e. The lowest BCUT2D eigenvalue weighted by Crippen LogP contribution is -2.29. The molecule has 0 aliphatic rings. The quantitative estimate of drug-likeness (QED) is 0.652. The molecule has 5 heteroatoms. The zero-order chi connectivity index (χ0) is 13.8. The first-order valence-electron chi connectivity index (χ1n) is 6.11. The van der Waals surface area contributed by atoms with Gasteiger partial charge in [0.1, 0.15) is 11.6 Å². The lowest BCUT2D eigenvalue weighted by molar-refractivity contribution is 0.544. The third-order valence-electron chi connectivity index (χ3n) is 3.04. The van der Waals surface area contributed by atoms with Crippen LogP contribution in [0.1, 0.15) is 29.0 Å². The minimum atomic E-state index is -0.562. The van der Waals surface area contributed by atoms with Crippen LogP contribution >= 0.6 is 11.3 Å². The van der Waals surface area contributed by atoms with Crippen molar-refractivity contribution in [2.24, 2.45) is 5.84 Å². The Bertz CT molecular complexity index is 534. The van der Waals surface area contributed by atoms with Crippen LogP contribution in [0.2, 0.25) is 0 Å². The standard InChI is InChI=1S/C14H16F2N2S/c1-2-10-3-4-19-14(10)13(18-17)7-9-5-11(15)8-12(16)6-9/h3-6,8,13,18H,2,7,17H2,1H3. The molecule has 2 aromatic rings. The first-order chi connectivity index (χ1) is 9.13. The molecule has 0 saturated carbocycles. The molecule has 0 bridgehead atoms. The van der Waals surface area contributed by atoms with Gasteiger partial charge < -0.3 is 0 Å². The van der Waals surface area contributed by atoms with Crippen LogP contribution in [0.25, 0.3) is 0 Å². The molecule has 0 amide bonds. The van der Waals surface area contributed by atoms with Crippen molar-refractivity contribution in [2.75, 3.05) is 0 Å². The average molecular weight is 282 g/mol. The Balaban J connectivity index is 2.24. The Labute approximate surface area is 115 Å². The summed E-state index contributed by atoms with van der Waals surface area (Å²) in [4.78, 5) is 1.12. The second kappa shape index (κ2) is 6.23. The van der Waals surface area contributed by atoms with Gasteiger partial charge in [0.25, 0.3) is 0 Å². The smallest absolute Gasteiger partial charge is 0.126 e. The number of thiophene rings is 1. The summed E-state index contributed by atoms with van der Waals surface area (Å²) in [6, 6.07) is 5.48. The molecule has 0 aliphatic heterocycles. The number of nitrogens with two attached hydrogens (primary N) is 1. The molecule has 0 radical (unpaired) electrons. The fourth-order valence-corrected chi connectivity index (χ4v) is 3.20. The normalized spacial score (nSPS) is 12.6. The maximum Gasteiger partial charge on any atom is 0.126 e. The van der Waals surface area contributed by atoms with Crippen LogP contribution in [0.4, 0.5) is 8.78 Å². The fourth-order valence-electron chi connectivity index (χ4n) is 2.14. The van der Waals surface area contributed by atoms with E-state index in [1.54, 1.807) is 11.3 Å². The van der Waals surface area contributed by atoms with E-state index in [4.69, 9.17) is 5.84 Å². The molecule has 3 N–H and O–H groups in total. The van der Waals surface area contributed by atoms with Crippen molar-refractivity contribution in [3.63, 3.8) is 0 Å². The molecule has 1 aromatic carbocycles. The Morgan fingerprint density at radius 1 is 1.26 bits per heavy atom. The summed E-state index contributed by atoms with van der Waals surface area (Å²) in [6.07, 6.45) is 1.37. The molecule has 0 fully saturated rings. The number of benzene rings is 1. The third-order valence-corrected chi connectivity index (χ3v) is 4.11. The summed E-state index contributed by atoms with van der Waals surface area (Å²) in [5, 5.41) is 2.00.